The lowest BCUT2D eigenvalue weighted by Gasteiger charge is -2.34. The van der Waals surface area contributed by atoms with Gasteiger partial charge in [-0.25, -0.2) is 4.79 Å². The van der Waals surface area contributed by atoms with Gasteiger partial charge < -0.3 is 4.90 Å². The number of nitrogens with zero attached hydrogens (tertiary/aromatic N) is 2. The van der Waals surface area contributed by atoms with E-state index in [4.69, 9.17) is 4.18 Å². The number of carbonyl (C=O) groups excluding carboxylic acids is 2. The molecule has 0 aromatic heterocycles. The summed E-state index contributed by atoms with van der Waals surface area (Å²) >= 11 is 0. The van der Waals surface area contributed by atoms with Crippen molar-refractivity contribution in [1.82, 2.24) is 5.32 Å². The van der Waals surface area contributed by atoms with Crippen LogP contribution in [0.25, 0.3) is 0 Å². The molecule has 2 saturated heterocycles. The van der Waals surface area contributed by atoms with Gasteiger partial charge in [-0.3, -0.25) is 19.2 Å². The molecule has 2 heterocycles. The Morgan fingerprint density at radius 2 is 1.56 bits per heavy atom. The van der Waals surface area contributed by atoms with Crippen molar-refractivity contribution in [3.63, 3.8) is 0 Å². The van der Waals surface area contributed by atoms with Crippen LogP contribution in [0.5, 0.6) is 0 Å². The predicted molar refractivity (Wildman–Crippen MR) is 121 cm³/mol. The second kappa shape index (κ2) is 9.30. The Kier molecular flexibility index (Phi) is 6.48. The first-order chi connectivity index (χ1) is 15.3. The zero-order valence-corrected chi connectivity index (χ0v) is 18.8. The molecule has 2 fully saturated rings. The van der Waals surface area contributed by atoms with E-state index in [1.165, 1.54) is 0 Å². The second-order valence-electron chi connectivity index (χ2n) is 8.25. The summed E-state index contributed by atoms with van der Waals surface area (Å²) in [5.74, 6) is -0.0679. The van der Waals surface area contributed by atoms with E-state index < -0.39 is 16.1 Å². The molecule has 0 saturated carbocycles. The topological polar surface area (TPSA) is 96.0 Å². The normalized spacial score (nSPS) is 18.0. The maximum Gasteiger partial charge on any atom is 0.328 e. The van der Waals surface area contributed by atoms with Crippen LogP contribution in [0.4, 0.5) is 16.2 Å². The third kappa shape index (κ3) is 5.11. The van der Waals surface area contributed by atoms with E-state index in [9.17, 15) is 18.0 Å². The van der Waals surface area contributed by atoms with E-state index in [1.807, 2.05) is 31.2 Å². The average Bonchev–Trinajstić information content (AvgIpc) is 2.79. The van der Waals surface area contributed by atoms with Gasteiger partial charge in [-0.15, -0.1) is 0 Å². The minimum Gasteiger partial charge on any atom is -0.372 e. The summed E-state index contributed by atoms with van der Waals surface area (Å²) in [5, 5.41) is 2.33. The third-order valence-electron chi connectivity index (χ3n) is 5.96. The summed E-state index contributed by atoms with van der Waals surface area (Å²) in [6, 6.07) is 14.0. The summed E-state index contributed by atoms with van der Waals surface area (Å²) in [6.07, 6.45) is 1.96. The number of aryl methyl sites for hydroxylation is 1. The van der Waals surface area contributed by atoms with Gasteiger partial charge in [-0.2, -0.15) is 8.42 Å². The molecule has 0 bridgehead atoms. The number of benzene rings is 2. The fourth-order valence-corrected chi connectivity index (χ4v) is 4.95. The molecule has 4 rings (SSSR count). The van der Waals surface area contributed by atoms with Gasteiger partial charge in [0.2, 0.25) is 5.91 Å². The lowest BCUT2D eigenvalue weighted by Crippen LogP contribution is -2.49. The number of imide groups is 1. The fourth-order valence-electron chi connectivity index (χ4n) is 3.97. The van der Waals surface area contributed by atoms with Crippen molar-refractivity contribution >= 4 is 33.4 Å². The van der Waals surface area contributed by atoms with Crippen molar-refractivity contribution < 1.29 is 22.2 Å². The highest BCUT2D eigenvalue weighted by Gasteiger charge is 2.25. The van der Waals surface area contributed by atoms with E-state index in [2.05, 4.69) is 10.2 Å². The number of rotatable bonds is 6. The number of nitrogens with one attached hydrogen (secondary N) is 1. The Balaban J connectivity index is 1.28. The highest BCUT2D eigenvalue weighted by atomic mass is 32.2. The molecule has 32 heavy (non-hydrogen) atoms. The highest BCUT2D eigenvalue weighted by molar-refractivity contribution is 7.86. The Bertz CT molecular complexity index is 1080. The maximum atomic E-state index is 12.4. The predicted octanol–water partition coefficient (Wildman–Crippen LogP) is 3.06. The molecule has 0 atom stereocenters. The van der Waals surface area contributed by atoms with Gasteiger partial charge in [0.15, 0.2) is 0 Å². The SMILES string of the molecule is Cc1ccc(S(=O)(=O)OCC2CCN(c3ccc(N4CCC(=O)NC4=O)cc3)CC2)cc1. The lowest BCUT2D eigenvalue weighted by molar-refractivity contribution is -0.120. The number of hydrogen-bond donors (Lipinski definition) is 1. The Labute approximate surface area is 188 Å². The van der Waals surface area contributed by atoms with Crippen molar-refractivity contribution in [2.24, 2.45) is 5.92 Å². The van der Waals surface area contributed by atoms with Crippen molar-refractivity contribution in [3.05, 3.63) is 54.1 Å². The van der Waals surface area contributed by atoms with Crippen LogP contribution in [0, 0.1) is 12.8 Å². The van der Waals surface area contributed by atoms with Crippen LogP contribution >= 0.6 is 0 Å². The molecule has 0 radical (unpaired) electrons. The molecule has 0 aliphatic carbocycles. The van der Waals surface area contributed by atoms with Crippen molar-refractivity contribution in [3.8, 4) is 0 Å². The van der Waals surface area contributed by atoms with Crippen molar-refractivity contribution in [2.75, 3.05) is 36.0 Å². The number of urea groups is 1. The molecule has 1 N–H and O–H groups in total. The minimum absolute atomic E-state index is 0.181. The first-order valence-corrected chi connectivity index (χ1v) is 12.1. The van der Waals surface area contributed by atoms with Gasteiger partial charge >= 0.3 is 6.03 Å². The molecule has 3 amide bonds. The molecule has 2 aliphatic rings. The number of hydrogen-bond acceptors (Lipinski definition) is 6. The molecule has 2 aromatic carbocycles. The summed E-state index contributed by atoms with van der Waals surface area (Å²) in [7, 11) is -3.74. The van der Waals surface area contributed by atoms with Crippen LogP contribution in [-0.2, 0) is 19.1 Å². The van der Waals surface area contributed by atoms with Gasteiger partial charge in [0.25, 0.3) is 10.1 Å². The standard InChI is InChI=1S/C23H27N3O5S/c1-17-2-8-21(9-3-17)32(29,30)31-16-18-10-13-25(14-11-18)19-4-6-20(7-5-19)26-15-12-22(27)24-23(26)28/h2-9,18H,10-16H2,1H3,(H,24,27,28). The number of piperidine rings is 1. The van der Waals surface area contributed by atoms with Crippen molar-refractivity contribution in [1.29, 1.82) is 0 Å². The quantitative estimate of drug-likeness (QED) is 0.670. The van der Waals surface area contributed by atoms with Crippen LogP contribution in [-0.4, -0.2) is 46.6 Å². The van der Waals surface area contributed by atoms with Crippen molar-refractivity contribution in [2.45, 2.75) is 31.1 Å². The number of amides is 3. The minimum atomic E-state index is -3.74. The molecule has 0 unspecified atom stereocenters. The maximum absolute atomic E-state index is 12.4. The van der Waals surface area contributed by atoms with Gasteiger partial charge in [-0.1, -0.05) is 17.7 Å². The monoisotopic (exact) mass is 457 g/mol. The number of carbonyl (C=O) groups is 2. The molecule has 8 nitrogen and oxygen atoms in total. The Hall–Kier alpha value is -2.91. The molecular weight excluding hydrogens is 430 g/mol. The molecule has 9 heteroatoms. The second-order valence-corrected chi connectivity index (χ2v) is 9.87. The van der Waals surface area contributed by atoms with E-state index >= 15 is 0 Å². The fraction of sp³-hybridized carbons (Fsp3) is 0.391. The molecule has 2 aliphatic heterocycles. The van der Waals surface area contributed by atoms with Crippen LogP contribution in [0.15, 0.2) is 53.4 Å². The van der Waals surface area contributed by atoms with Crippen LogP contribution in [0.3, 0.4) is 0 Å². The van der Waals surface area contributed by atoms with E-state index in [-0.39, 0.29) is 23.3 Å². The van der Waals surface area contributed by atoms with Crippen LogP contribution < -0.4 is 15.1 Å². The van der Waals surface area contributed by atoms with Crippen LogP contribution in [0.2, 0.25) is 0 Å². The molecular formula is C23H27N3O5S. The molecule has 2 aromatic rings. The summed E-state index contributed by atoms with van der Waals surface area (Å²) in [4.78, 5) is 27.3. The Morgan fingerprint density at radius 3 is 2.19 bits per heavy atom. The van der Waals surface area contributed by atoms with Gasteiger partial charge in [0.1, 0.15) is 0 Å². The van der Waals surface area contributed by atoms with E-state index in [1.54, 1.807) is 29.2 Å². The van der Waals surface area contributed by atoms with E-state index in [0.717, 1.165) is 42.9 Å². The first-order valence-electron chi connectivity index (χ1n) is 10.7. The van der Waals surface area contributed by atoms with Gasteiger partial charge in [0, 0.05) is 37.4 Å². The third-order valence-corrected chi connectivity index (χ3v) is 7.26. The first kappa shape index (κ1) is 22.3. The zero-order valence-electron chi connectivity index (χ0n) is 18.0. The largest absolute Gasteiger partial charge is 0.372 e. The van der Waals surface area contributed by atoms with Gasteiger partial charge in [0.05, 0.1) is 11.5 Å². The lowest BCUT2D eigenvalue weighted by atomic mass is 9.97. The van der Waals surface area contributed by atoms with Gasteiger partial charge in [-0.05, 0) is 62.1 Å². The summed E-state index contributed by atoms with van der Waals surface area (Å²) < 4.78 is 30.1. The number of anilines is 2. The highest BCUT2D eigenvalue weighted by Crippen LogP contribution is 2.27. The van der Waals surface area contributed by atoms with E-state index in [0.29, 0.717) is 13.0 Å². The molecule has 170 valence electrons. The van der Waals surface area contributed by atoms with Crippen LogP contribution in [0.1, 0.15) is 24.8 Å². The molecule has 0 spiro atoms. The smallest absolute Gasteiger partial charge is 0.328 e. The summed E-state index contributed by atoms with van der Waals surface area (Å²) in [6.45, 7) is 4.07. The average molecular weight is 458 g/mol. The Morgan fingerprint density at radius 1 is 0.938 bits per heavy atom. The summed E-state index contributed by atoms with van der Waals surface area (Å²) in [5.41, 5.74) is 2.80. The zero-order chi connectivity index (χ0) is 22.7.